The molecule has 0 aromatic carbocycles. The van der Waals surface area contributed by atoms with Crippen LogP contribution in [-0.2, 0) is 4.74 Å². The highest BCUT2D eigenvalue weighted by atomic mass is 16.5. The van der Waals surface area contributed by atoms with Crippen LogP contribution >= 0.6 is 0 Å². The minimum absolute atomic E-state index is 0.368. The molecule has 2 aliphatic heterocycles. The summed E-state index contributed by atoms with van der Waals surface area (Å²) in [4.78, 5) is 4.40. The fourth-order valence-electron chi connectivity index (χ4n) is 3.49. The number of nitrogens with zero attached hydrogens (tertiary/aromatic N) is 2. The molecule has 2 fully saturated rings. The maximum atomic E-state index is 5.66. The van der Waals surface area contributed by atoms with Crippen molar-refractivity contribution in [2.75, 3.05) is 6.61 Å². The lowest BCUT2D eigenvalue weighted by Gasteiger charge is -2.33. The zero-order chi connectivity index (χ0) is 13.2. The van der Waals surface area contributed by atoms with Crippen molar-refractivity contribution < 1.29 is 4.74 Å². The molecule has 4 heteroatoms. The summed E-state index contributed by atoms with van der Waals surface area (Å²) in [6.45, 7) is 5.32. The highest BCUT2D eigenvalue weighted by Crippen LogP contribution is 2.31. The van der Waals surface area contributed by atoms with E-state index in [-0.39, 0.29) is 0 Å². The molecule has 0 saturated carbocycles. The standard InChI is InChI=1S/C15H25N3O/c1-11-4-3-5-14(17-11)15-9-16-10-18(15)13-6-7-19-12(2)8-13/h9-14,17H,3-8H2,1-2H3. The normalized spacial score (nSPS) is 36.3. The number of ether oxygens (including phenoxy) is 1. The van der Waals surface area contributed by atoms with Gasteiger partial charge in [0.2, 0.25) is 0 Å². The molecule has 4 unspecified atom stereocenters. The number of imidazole rings is 1. The Morgan fingerprint density at radius 2 is 2.21 bits per heavy atom. The highest BCUT2D eigenvalue weighted by molar-refractivity contribution is 5.09. The lowest BCUT2D eigenvalue weighted by atomic mass is 9.96. The predicted octanol–water partition coefficient (Wildman–Crippen LogP) is 2.83. The van der Waals surface area contributed by atoms with E-state index in [0.29, 0.717) is 24.2 Å². The Hall–Kier alpha value is -0.870. The van der Waals surface area contributed by atoms with Crippen molar-refractivity contribution in [3.05, 3.63) is 18.2 Å². The Bertz CT molecular complexity index is 381. The quantitative estimate of drug-likeness (QED) is 0.891. The SMILES string of the molecule is CC1CCCC(c2cncn2C2CCOC(C)C2)N1. The highest BCUT2D eigenvalue weighted by Gasteiger charge is 2.27. The van der Waals surface area contributed by atoms with E-state index >= 15 is 0 Å². The van der Waals surface area contributed by atoms with E-state index in [4.69, 9.17) is 4.74 Å². The lowest BCUT2D eigenvalue weighted by Crippen LogP contribution is -2.36. The van der Waals surface area contributed by atoms with Crippen LogP contribution in [0.1, 0.15) is 63.7 Å². The maximum absolute atomic E-state index is 5.66. The first-order valence-electron chi connectivity index (χ1n) is 7.63. The summed E-state index contributed by atoms with van der Waals surface area (Å²) in [5, 5.41) is 3.72. The van der Waals surface area contributed by atoms with Gasteiger partial charge in [0, 0.05) is 30.9 Å². The van der Waals surface area contributed by atoms with Crippen LogP contribution < -0.4 is 5.32 Å². The summed E-state index contributed by atoms with van der Waals surface area (Å²) in [7, 11) is 0. The molecular formula is C15H25N3O. The van der Waals surface area contributed by atoms with Gasteiger partial charge in [-0.2, -0.15) is 0 Å². The van der Waals surface area contributed by atoms with Crippen molar-refractivity contribution in [2.45, 2.75) is 70.2 Å². The molecule has 1 N–H and O–H groups in total. The van der Waals surface area contributed by atoms with Gasteiger partial charge in [-0.05, 0) is 46.0 Å². The number of piperidine rings is 1. The molecule has 2 saturated heterocycles. The van der Waals surface area contributed by atoms with Gasteiger partial charge in [-0.15, -0.1) is 0 Å². The van der Waals surface area contributed by atoms with Gasteiger partial charge in [-0.1, -0.05) is 0 Å². The smallest absolute Gasteiger partial charge is 0.0951 e. The Balaban J connectivity index is 1.77. The number of nitrogens with one attached hydrogen (secondary N) is 1. The molecule has 4 atom stereocenters. The molecule has 3 rings (SSSR count). The number of hydrogen-bond acceptors (Lipinski definition) is 3. The van der Waals surface area contributed by atoms with Crippen molar-refractivity contribution in [2.24, 2.45) is 0 Å². The molecule has 1 aromatic rings. The van der Waals surface area contributed by atoms with E-state index in [1.807, 2.05) is 6.33 Å². The van der Waals surface area contributed by atoms with Gasteiger partial charge in [0.1, 0.15) is 0 Å². The molecule has 106 valence electrons. The number of hydrogen-bond donors (Lipinski definition) is 1. The first-order chi connectivity index (χ1) is 9.24. The molecule has 1 aromatic heterocycles. The number of rotatable bonds is 2. The lowest BCUT2D eigenvalue weighted by molar-refractivity contribution is 0.00506. The van der Waals surface area contributed by atoms with Crippen molar-refractivity contribution in [1.82, 2.24) is 14.9 Å². The van der Waals surface area contributed by atoms with E-state index in [9.17, 15) is 0 Å². The van der Waals surface area contributed by atoms with Crippen LogP contribution in [-0.4, -0.2) is 28.3 Å². The zero-order valence-corrected chi connectivity index (χ0v) is 12.0. The van der Waals surface area contributed by atoms with Crippen molar-refractivity contribution in [3.63, 3.8) is 0 Å². The van der Waals surface area contributed by atoms with Crippen LogP contribution in [0.25, 0.3) is 0 Å². The Labute approximate surface area is 115 Å². The maximum Gasteiger partial charge on any atom is 0.0951 e. The molecule has 4 nitrogen and oxygen atoms in total. The topological polar surface area (TPSA) is 39.1 Å². The van der Waals surface area contributed by atoms with Crippen molar-refractivity contribution in [3.8, 4) is 0 Å². The van der Waals surface area contributed by atoms with Crippen LogP contribution in [0.3, 0.4) is 0 Å². The Morgan fingerprint density at radius 1 is 1.32 bits per heavy atom. The second-order valence-electron chi connectivity index (χ2n) is 6.14. The molecule has 0 radical (unpaired) electrons. The fraction of sp³-hybridized carbons (Fsp3) is 0.800. The minimum Gasteiger partial charge on any atom is -0.378 e. The summed E-state index contributed by atoms with van der Waals surface area (Å²) in [5.74, 6) is 0. The summed E-state index contributed by atoms with van der Waals surface area (Å²) < 4.78 is 8.06. The average Bonchev–Trinajstić information content (AvgIpc) is 2.88. The third-order valence-corrected chi connectivity index (χ3v) is 4.52. The first kappa shape index (κ1) is 13.1. The molecule has 19 heavy (non-hydrogen) atoms. The van der Waals surface area contributed by atoms with Gasteiger partial charge < -0.3 is 14.6 Å². The van der Waals surface area contributed by atoms with Crippen LogP contribution in [0.2, 0.25) is 0 Å². The molecule has 0 amide bonds. The number of aromatic nitrogens is 2. The van der Waals surface area contributed by atoms with Crippen molar-refractivity contribution >= 4 is 0 Å². The van der Waals surface area contributed by atoms with Crippen LogP contribution in [0.5, 0.6) is 0 Å². The van der Waals surface area contributed by atoms with E-state index in [0.717, 1.165) is 19.4 Å². The molecule has 2 aliphatic rings. The summed E-state index contributed by atoms with van der Waals surface area (Å²) in [6.07, 6.45) is 10.5. The van der Waals surface area contributed by atoms with Crippen LogP contribution in [0.4, 0.5) is 0 Å². The first-order valence-corrected chi connectivity index (χ1v) is 7.63. The molecule has 0 aliphatic carbocycles. The van der Waals surface area contributed by atoms with Gasteiger partial charge in [-0.3, -0.25) is 0 Å². The fourth-order valence-corrected chi connectivity index (χ4v) is 3.49. The van der Waals surface area contributed by atoms with Gasteiger partial charge in [-0.25, -0.2) is 4.98 Å². The molecule has 0 bridgehead atoms. The second kappa shape index (κ2) is 5.63. The predicted molar refractivity (Wildman–Crippen MR) is 75.1 cm³/mol. The van der Waals surface area contributed by atoms with E-state index in [1.165, 1.54) is 25.0 Å². The van der Waals surface area contributed by atoms with Gasteiger partial charge in [0.05, 0.1) is 18.1 Å². The molecule has 3 heterocycles. The van der Waals surface area contributed by atoms with Crippen LogP contribution in [0, 0.1) is 0 Å². The van der Waals surface area contributed by atoms with E-state index < -0.39 is 0 Å². The minimum atomic E-state index is 0.368. The zero-order valence-electron chi connectivity index (χ0n) is 12.0. The second-order valence-corrected chi connectivity index (χ2v) is 6.14. The van der Waals surface area contributed by atoms with Gasteiger partial charge in [0.15, 0.2) is 0 Å². The van der Waals surface area contributed by atoms with Crippen LogP contribution in [0.15, 0.2) is 12.5 Å². The third-order valence-electron chi connectivity index (χ3n) is 4.52. The Kier molecular flexibility index (Phi) is 3.89. The van der Waals surface area contributed by atoms with E-state index in [2.05, 4.69) is 34.9 Å². The van der Waals surface area contributed by atoms with Crippen molar-refractivity contribution in [1.29, 1.82) is 0 Å². The van der Waals surface area contributed by atoms with Gasteiger partial charge >= 0.3 is 0 Å². The summed E-state index contributed by atoms with van der Waals surface area (Å²) in [5.41, 5.74) is 1.37. The molecule has 0 spiro atoms. The molecular weight excluding hydrogens is 238 g/mol. The Morgan fingerprint density at radius 3 is 3.00 bits per heavy atom. The largest absolute Gasteiger partial charge is 0.378 e. The van der Waals surface area contributed by atoms with Gasteiger partial charge in [0.25, 0.3) is 0 Å². The average molecular weight is 263 g/mol. The monoisotopic (exact) mass is 263 g/mol. The summed E-state index contributed by atoms with van der Waals surface area (Å²) in [6, 6.07) is 1.65. The summed E-state index contributed by atoms with van der Waals surface area (Å²) >= 11 is 0. The third kappa shape index (κ3) is 2.84. The van der Waals surface area contributed by atoms with E-state index in [1.54, 1.807) is 0 Å².